The van der Waals surface area contributed by atoms with E-state index in [9.17, 15) is 9.59 Å². The molecule has 2 amide bonds. The summed E-state index contributed by atoms with van der Waals surface area (Å²) in [6.07, 6.45) is 0.707. The van der Waals surface area contributed by atoms with Gasteiger partial charge in [0.1, 0.15) is 6.04 Å². The van der Waals surface area contributed by atoms with Gasteiger partial charge in [-0.1, -0.05) is 66.6 Å². The highest BCUT2D eigenvalue weighted by molar-refractivity contribution is 6.31. The Hall–Kier alpha value is -2.33. The quantitative estimate of drug-likeness (QED) is 0.804. The van der Waals surface area contributed by atoms with Crippen LogP contribution in [0, 0.1) is 6.92 Å². The predicted octanol–water partition coefficient (Wildman–Crippen LogP) is 3.74. The number of nitrogens with zero attached hydrogens (tertiary/aromatic N) is 1. The van der Waals surface area contributed by atoms with E-state index in [1.807, 2.05) is 56.3 Å². The van der Waals surface area contributed by atoms with Crippen LogP contribution in [-0.2, 0) is 22.6 Å². The van der Waals surface area contributed by atoms with Crippen LogP contribution in [0.15, 0.2) is 48.5 Å². The minimum absolute atomic E-state index is 0.116. The maximum atomic E-state index is 13.1. The van der Waals surface area contributed by atoms with Gasteiger partial charge in [0.05, 0.1) is 6.42 Å². The van der Waals surface area contributed by atoms with Crippen LogP contribution in [0.5, 0.6) is 0 Å². The van der Waals surface area contributed by atoms with Crippen LogP contribution in [0.3, 0.4) is 0 Å². The molecule has 0 saturated heterocycles. The van der Waals surface area contributed by atoms with Crippen molar-refractivity contribution < 1.29 is 9.59 Å². The molecule has 0 spiro atoms. The summed E-state index contributed by atoms with van der Waals surface area (Å²) in [6, 6.07) is 14.8. The predicted molar refractivity (Wildman–Crippen MR) is 105 cm³/mol. The van der Waals surface area contributed by atoms with E-state index in [-0.39, 0.29) is 18.2 Å². The van der Waals surface area contributed by atoms with Crippen molar-refractivity contribution in [2.75, 3.05) is 7.05 Å². The summed E-state index contributed by atoms with van der Waals surface area (Å²) >= 11 is 6.21. The summed E-state index contributed by atoms with van der Waals surface area (Å²) in [6.45, 7) is 4.30. The zero-order valence-electron chi connectivity index (χ0n) is 15.5. The van der Waals surface area contributed by atoms with E-state index in [1.165, 1.54) is 0 Å². The number of carbonyl (C=O) groups excluding carboxylic acids is 2. The lowest BCUT2D eigenvalue weighted by Gasteiger charge is -2.30. The number of hydrogen-bond donors (Lipinski definition) is 1. The van der Waals surface area contributed by atoms with Crippen LogP contribution in [-0.4, -0.2) is 29.8 Å². The number of aryl methyl sites for hydroxylation is 1. The van der Waals surface area contributed by atoms with Crippen molar-refractivity contribution in [3.63, 3.8) is 0 Å². The summed E-state index contributed by atoms with van der Waals surface area (Å²) in [4.78, 5) is 27.0. The minimum Gasteiger partial charge on any atom is -0.357 e. The largest absolute Gasteiger partial charge is 0.357 e. The Morgan fingerprint density at radius 1 is 1.15 bits per heavy atom. The van der Waals surface area contributed by atoms with Gasteiger partial charge < -0.3 is 10.2 Å². The van der Waals surface area contributed by atoms with Gasteiger partial charge in [-0.25, -0.2) is 0 Å². The number of hydrogen-bond acceptors (Lipinski definition) is 2. The number of nitrogens with one attached hydrogen (secondary N) is 1. The molecule has 1 atom stereocenters. The number of amides is 2. The Bertz CT molecular complexity index is 776. The van der Waals surface area contributed by atoms with E-state index in [0.29, 0.717) is 18.0 Å². The van der Waals surface area contributed by atoms with Gasteiger partial charge in [-0.05, 0) is 30.5 Å². The maximum Gasteiger partial charge on any atom is 0.242 e. The molecule has 0 radical (unpaired) electrons. The first-order valence-corrected chi connectivity index (χ1v) is 9.14. The second kappa shape index (κ2) is 9.39. The lowest BCUT2D eigenvalue weighted by Crippen LogP contribution is -2.48. The maximum absolute atomic E-state index is 13.1. The molecule has 2 aromatic carbocycles. The van der Waals surface area contributed by atoms with Gasteiger partial charge in [0.25, 0.3) is 0 Å². The summed E-state index contributed by atoms with van der Waals surface area (Å²) < 4.78 is 0. The number of carbonyl (C=O) groups is 2. The van der Waals surface area contributed by atoms with Crippen molar-refractivity contribution in [2.24, 2.45) is 0 Å². The first-order valence-electron chi connectivity index (χ1n) is 8.76. The number of likely N-dealkylation sites (N-methyl/N-ethyl adjacent to an activating group) is 1. The third-order valence-corrected chi connectivity index (χ3v) is 4.74. The zero-order chi connectivity index (χ0) is 19.1. The van der Waals surface area contributed by atoms with Crippen LogP contribution in [0.25, 0.3) is 0 Å². The van der Waals surface area contributed by atoms with Gasteiger partial charge in [0, 0.05) is 18.6 Å². The fourth-order valence-electron chi connectivity index (χ4n) is 3.00. The Labute approximate surface area is 160 Å². The molecule has 0 aliphatic rings. The molecule has 0 fully saturated rings. The van der Waals surface area contributed by atoms with E-state index >= 15 is 0 Å². The van der Waals surface area contributed by atoms with Crippen molar-refractivity contribution in [1.82, 2.24) is 10.2 Å². The van der Waals surface area contributed by atoms with Crippen LogP contribution in [0.1, 0.15) is 30.0 Å². The highest BCUT2D eigenvalue weighted by atomic mass is 35.5. The minimum atomic E-state index is -0.518. The fraction of sp³-hybridized carbons (Fsp3) is 0.333. The molecule has 0 aromatic heterocycles. The molecule has 0 unspecified atom stereocenters. The summed E-state index contributed by atoms with van der Waals surface area (Å²) in [7, 11) is 1.59. The molecular weight excluding hydrogens is 348 g/mol. The number of benzene rings is 2. The number of halogens is 1. The molecule has 1 N–H and O–H groups in total. The van der Waals surface area contributed by atoms with E-state index in [2.05, 4.69) is 5.32 Å². The average molecular weight is 373 g/mol. The van der Waals surface area contributed by atoms with Gasteiger partial charge in [0.15, 0.2) is 0 Å². The molecule has 2 aromatic rings. The molecule has 26 heavy (non-hydrogen) atoms. The monoisotopic (exact) mass is 372 g/mol. The molecule has 0 heterocycles. The van der Waals surface area contributed by atoms with Crippen molar-refractivity contribution in [3.8, 4) is 0 Å². The lowest BCUT2D eigenvalue weighted by atomic mass is 10.1. The Morgan fingerprint density at radius 3 is 2.50 bits per heavy atom. The molecule has 0 saturated carbocycles. The van der Waals surface area contributed by atoms with Gasteiger partial charge in [-0.3, -0.25) is 9.59 Å². The zero-order valence-corrected chi connectivity index (χ0v) is 16.2. The van der Waals surface area contributed by atoms with E-state index in [0.717, 1.165) is 16.7 Å². The standard InChI is InChI=1S/C21H25ClN2O2/c1-4-19(21(26)23-3)24(14-16-9-7-8-15(2)12-16)20(25)13-17-10-5-6-11-18(17)22/h5-12,19H,4,13-14H2,1-3H3,(H,23,26)/t19-/m1/s1. The third-order valence-electron chi connectivity index (χ3n) is 4.37. The summed E-state index contributed by atoms with van der Waals surface area (Å²) in [5.41, 5.74) is 2.88. The SMILES string of the molecule is CC[C@H](C(=O)NC)N(Cc1cccc(C)c1)C(=O)Cc1ccccc1Cl. The van der Waals surface area contributed by atoms with Gasteiger partial charge in [-0.15, -0.1) is 0 Å². The molecule has 5 heteroatoms. The Balaban J connectivity index is 2.30. The average Bonchev–Trinajstić information content (AvgIpc) is 2.63. The van der Waals surface area contributed by atoms with Crippen LogP contribution < -0.4 is 5.32 Å². The van der Waals surface area contributed by atoms with E-state index in [4.69, 9.17) is 11.6 Å². The highest BCUT2D eigenvalue weighted by Gasteiger charge is 2.28. The molecule has 0 aliphatic carbocycles. The molecular formula is C21H25ClN2O2. The lowest BCUT2D eigenvalue weighted by molar-refractivity contribution is -0.140. The number of rotatable bonds is 7. The molecule has 0 bridgehead atoms. The highest BCUT2D eigenvalue weighted by Crippen LogP contribution is 2.19. The van der Waals surface area contributed by atoms with Crippen LogP contribution in [0.4, 0.5) is 0 Å². The third kappa shape index (κ3) is 5.09. The second-order valence-corrected chi connectivity index (χ2v) is 6.72. The van der Waals surface area contributed by atoms with Crippen molar-refractivity contribution in [1.29, 1.82) is 0 Å². The van der Waals surface area contributed by atoms with Crippen molar-refractivity contribution >= 4 is 23.4 Å². The van der Waals surface area contributed by atoms with Crippen LogP contribution >= 0.6 is 11.6 Å². The normalized spacial score (nSPS) is 11.7. The molecule has 2 rings (SSSR count). The summed E-state index contributed by atoms with van der Waals surface area (Å²) in [5, 5.41) is 3.22. The summed E-state index contributed by atoms with van der Waals surface area (Å²) in [5.74, 6) is -0.275. The molecule has 0 aliphatic heterocycles. The van der Waals surface area contributed by atoms with Gasteiger partial charge in [-0.2, -0.15) is 0 Å². The van der Waals surface area contributed by atoms with Gasteiger partial charge in [0.2, 0.25) is 11.8 Å². The van der Waals surface area contributed by atoms with E-state index < -0.39 is 6.04 Å². The topological polar surface area (TPSA) is 49.4 Å². The van der Waals surface area contributed by atoms with Crippen molar-refractivity contribution in [3.05, 3.63) is 70.2 Å². The first kappa shape index (κ1) is 20.0. The first-order chi connectivity index (χ1) is 12.5. The molecule has 4 nitrogen and oxygen atoms in total. The fourth-order valence-corrected chi connectivity index (χ4v) is 3.20. The smallest absolute Gasteiger partial charge is 0.242 e. The van der Waals surface area contributed by atoms with Gasteiger partial charge >= 0.3 is 0 Å². The second-order valence-electron chi connectivity index (χ2n) is 6.32. The Morgan fingerprint density at radius 2 is 1.88 bits per heavy atom. The van der Waals surface area contributed by atoms with E-state index in [1.54, 1.807) is 18.0 Å². The Kier molecular flexibility index (Phi) is 7.22. The van der Waals surface area contributed by atoms with Crippen molar-refractivity contribution in [2.45, 2.75) is 39.3 Å². The van der Waals surface area contributed by atoms with Crippen LogP contribution in [0.2, 0.25) is 5.02 Å². The molecule has 138 valence electrons.